The number of hydrogen-bond donors (Lipinski definition) is 0. The summed E-state index contributed by atoms with van der Waals surface area (Å²) in [6.45, 7) is 1.92. The van der Waals surface area contributed by atoms with E-state index >= 15 is 0 Å². The minimum atomic E-state index is 0. The van der Waals surface area contributed by atoms with Gasteiger partial charge in [-0.25, -0.2) is 0 Å². The quantitative estimate of drug-likeness (QED) is 0.674. The van der Waals surface area contributed by atoms with E-state index in [4.69, 9.17) is 11.6 Å². The highest BCUT2D eigenvalue weighted by Crippen LogP contribution is 2.19. The second-order valence-corrected chi connectivity index (χ2v) is 3.02. The highest BCUT2D eigenvalue weighted by molar-refractivity contribution is 6.34. The van der Waals surface area contributed by atoms with Crippen molar-refractivity contribution in [1.29, 1.82) is 0 Å². The summed E-state index contributed by atoms with van der Waals surface area (Å²) >= 11 is 5.96. The summed E-state index contributed by atoms with van der Waals surface area (Å²) < 4.78 is 0. The van der Waals surface area contributed by atoms with Crippen LogP contribution in [-0.4, -0.2) is 9.97 Å². The van der Waals surface area contributed by atoms with Crippen molar-refractivity contribution in [2.45, 2.75) is 6.92 Å². The lowest BCUT2D eigenvalue weighted by Gasteiger charge is -1.99. The van der Waals surface area contributed by atoms with Gasteiger partial charge in [0.2, 0.25) is 0 Å². The van der Waals surface area contributed by atoms with Crippen LogP contribution in [0.25, 0.3) is 11.0 Å². The number of halogens is 2. The third-order valence-electron chi connectivity index (χ3n) is 1.65. The predicted molar refractivity (Wildman–Crippen MR) is 56.5 cm³/mol. The zero-order valence-electron chi connectivity index (χ0n) is 6.99. The van der Waals surface area contributed by atoms with Crippen molar-refractivity contribution >= 4 is 35.0 Å². The molecule has 0 saturated carbocycles. The normalized spacial score (nSPS) is 9.69. The first kappa shape index (κ1) is 10.2. The van der Waals surface area contributed by atoms with Crippen LogP contribution >= 0.6 is 24.0 Å². The fourth-order valence-electron chi connectivity index (χ4n) is 1.15. The Bertz CT molecular complexity index is 429. The average molecular weight is 215 g/mol. The Hall–Kier alpha value is -0.860. The van der Waals surface area contributed by atoms with E-state index < -0.39 is 0 Å². The number of aryl methyl sites for hydroxylation is 1. The molecule has 2 heterocycles. The van der Waals surface area contributed by atoms with Gasteiger partial charge in [0.05, 0.1) is 10.5 Å². The second kappa shape index (κ2) is 3.90. The van der Waals surface area contributed by atoms with E-state index in [1.54, 1.807) is 6.20 Å². The molecular weight excluding hydrogens is 207 g/mol. The summed E-state index contributed by atoms with van der Waals surface area (Å²) in [4.78, 5) is 8.42. The summed E-state index contributed by atoms with van der Waals surface area (Å²) in [7, 11) is 0. The highest BCUT2D eigenvalue weighted by Gasteiger charge is 2.00. The number of hydrogen-bond acceptors (Lipinski definition) is 2. The Labute approximate surface area is 87.4 Å². The average Bonchev–Trinajstić information content (AvgIpc) is 2.04. The first-order chi connectivity index (χ1) is 5.77. The molecule has 2 aromatic rings. The largest absolute Gasteiger partial charge is 0.253 e. The smallest absolute Gasteiger partial charge is 0.107 e. The van der Waals surface area contributed by atoms with Gasteiger partial charge in [-0.05, 0) is 25.1 Å². The van der Waals surface area contributed by atoms with Crippen LogP contribution in [0.15, 0.2) is 24.4 Å². The fraction of sp³-hybridized carbons (Fsp3) is 0.111. The van der Waals surface area contributed by atoms with Gasteiger partial charge < -0.3 is 0 Å². The van der Waals surface area contributed by atoms with E-state index in [9.17, 15) is 0 Å². The maximum Gasteiger partial charge on any atom is 0.107 e. The van der Waals surface area contributed by atoms with Crippen LogP contribution in [-0.2, 0) is 0 Å². The molecule has 0 spiro atoms. The molecule has 0 radical (unpaired) electrons. The van der Waals surface area contributed by atoms with Crippen molar-refractivity contribution in [2.75, 3.05) is 0 Å². The fourth-order valence-corrected chi connectivity index (χ4v) is 1.45. The van der Waals surface area contributed by atoms with Gasteiger partial charge in [0.15, 0.2) is 0 Å². The van der Waals surface area contributed by atoms with Crippen LogP contribution in [0.3, 0.4) is 0 Å². The Morgan fingerprint density at radius 3 is 2.92 bits per heavy atom. The molecule has 13 heavy (non-hydrogen) atoms. The zero-order chi connectivity index (χ0) is 8.55. The molecule has 0 saturated heterocycles. The number of fused-ring (bicyclic) bond motifs is 1. The summed E-state index contributed by atoms with van der Waals surface area (Å²) in [6.07, 6.45) is 1.71. The number of nitrogens with zero attached hydrogens (tertiary/aromatic N) is 2. The number of rotatable bonds is 0. The summed E-state index contributed by atoms with van der Waals surface area (Å²) in [5, 5.41) is 0.665. The monoisotopic (exact) mass is 214 g/mol. The zero-order valence-corrected chi connectivity index (χ0v) is 8.56. The summed E-state index contributed by atoms with van der Waals surface area (Å²) in [5.74, 6) is 0. The molecule has 4 heteroatoms. The van der Waals surface area contributed by atoms with E-state index in [0.717, 1.165) is 16.7 Å². The molecule has 0 aromatic carbocycles. The maximum atomic E-state index is 5.96. The van der Waals surface area contributed by atoms with Crippen molar-refractivity contribution in [2.24, 2.45) is 0 Å². The third-order valence-corrected chi connectivity index (χ3v) is 1.93. The lowest BCUT2D eigenvalue weighted by atomic mass is 10.3. The third kappa shape index (κ3) is 1.90. The van der Waals surface area contributed by atoms with Crippen molar-refractivity contribution in [3.8, 4) is 0 Å². The molecule has 2 rings (SSSR count). The molecule has 2 nitrogen and oxygen atoms in total. The van der Waals surface area contributed by atoms with Gasteiger partial charge in [-0.1, -0.05) is 11.6 Å². The molecule has 68 valence electrons. The molecule has 0 aliphatic heterocycles. The number of pyridine rings is 2. The van der Waals surface area contributed by atoms with Crippen LogP contribution in [0.2, 0.25) is 5.02 Å². The van der Waals surface area contributed by atoms with E-state index in [2.05, 4.69) is 9.97 Å². The maximum absolute atomic E-state index is 5.96. The first-order valence-electron chi connectivity index (χ1n) is 3.65. The predicted octanol–water partition coefficient (Wildman–Crippen LogP) is 3.01. The van der Waals surface area contributed by atoms with Crippen LogP contribution < -0.4 is 0 Å². The van der Waals surface area contributed by atoms with Crippen LogP contribution in [0.5, 0.6) is 0 Å². The molecule has 0 bridgehead atoms. The Kier molecular flexibility index (Phi) is 3.07. The highest BCUT2D eigenvalue weighted by atomic mass is 35.5. The van der Waals surface area contributed by atoms with Crippen molar-refractivity contribution in [3.63, 3.8) is 0 Å². The Morgan fingerprint density at radius 2 is 2.15 bits per heavy atom. The van der Waals surface area contributed by atoms with E-state index in [1.165, 1.54) is 0 Å². The minimum Gasteiger partial charge on any atom is -0.253 e. The van der Waals surface area contributed by atoms with Gasteiger partial charge in [-0.2, -0.15) is 0 Å². The van der Waals surface area contributed by atoms with Crippen LogP contribution in [0, 0.1) is 6.92 Å². The SMILES string of the molecule is Cc1cc(Cl)c2ncccc2n1.Cl. The minimum absolute atomic E-state index is 0. The molecule has 2 aromatic heterocycles. The molecule has 0 N–H and O–H groups in total. The van der Waals surface area contributed by atoms with Crippen LogP contribution in [0.1, 0.15) is 5.69 Å². The van der Waals surface area contributed by atoms with Gasteiger partial charge in [0, 0.05) is 11.9 Å². The van der Waals surface area contributed by atoms with Gasteiger partial charge in [0.25, 0.3) is 0 Å². The van der Waals surface area contributed by atoms with Gasteiger partial charge >= 0.3 is 0 Å². The molecular formula is C9H8Cl2N2. The topological polar surface area (TPSA) is 25.8 Å². The van der Waals surface area contributed by atoms with E-state index in [1.807, 2.05) is 25.1 Å². The number of aromatic nitrogens is 2. The van der Waals surface area contributed by atoms with E-state index in [-0.39, 0.29) is 12.4 Å². The molecule has 0 amide bonds. The second-order valence-electron chi connectivity index (χ2n) is 2.62. The molecule has 0 unspecified atom stereocenters. The molecule has 0 aliphatic carbocycles. The Balaban J connectivity index is 0.000000845. The van der Waals surface area contributed by atoms with Crippen molar-refractivity contribution in [1.82, 2.24) is 9.97 Å². The van der Waals surface area contributed by atoms with Crippen molar-refractivity contribution in [3.05, 3.63) is 35.1 Å². The van der Waals surface area contributed by atoms with Crippen LogP contribution in [0.4, 0.5) is 0 Å². The molecule has 0 fully saturated rings. The molecule has 0 aliphatic rings. The summed E-state index contributed by atoms with van der Waals surface area (Å²) in [5.41, 5.74) is 2.53. The standard InChI is InChI=1S/C9H7ClN2.ClH/c1-6-5-7(10)9-8(12-6)3-2-4-11-9;/h2-5H,1H3;1H. The van der Waals surface area contributed by atoms with E-state index in [0.29, 0.717) is 5.02 Å². The lowest BCUT2D eigenvalue weighted by Crippen LogP contribution is -1.86. The lowest BCUT2D eigenvalue weighted by molar-refractivity contribution is 1.24. The van der Waals surface area contributed by atoms with Gasteiger partial charge in [0.1, 0.15) is 5.52 Å². The molecule has 0 atom stereocenters. The van der Waals surface area contributed by atoms with Gasteiger partial charge in [-0.15, -0.1) is 12.4 Å². The first-order valence-corrected chi connectivity index (χ1v) is 4.03. The summed E-state index contributed by atoms with van der Waals surface area (Å²) in [6, 6.07) is 5.57. The Morgan fingerprint density at radius 1 is 1.38 bits per heavy atom. The van der Waals surface area contributed by atoms with Crippen molar-refractivity contribution < 1.29 is 0 Å². The van der Waals surface area contributed by atoms with Gasteiger partial charge in [-0.3, -0.25) is 9.97 Å².